The van der Waals surface area contributed by atoms with E-state index in [4.69, 9.17) is 24.7 Å². The summed E-state index contributed by atoms with van der Waals surface area (Å²) in [5.41, 5.74) is 5.20. The lowest BCUT2D eigenvalue weighted by molar-refractivity contribution is -0.240. The van der Waals surface area contributed by atoms with Gasteiger partial charge in [0.1, 0.15) is 11.2 Å². The van der Waals surface area contributed by atoms with Crippen molar-refractivity contribution in [2.75, 3.05) is 19.8 Å². The smallest absolute Gasteiger partial charge is 0.317 e. The van der Waals surface area contributed by atoms with E-state index in [1.807, 2.05) is 6.92 Å². The van der Waals surface area contributed by atoms with E-state index in [1.165, 1.54) is 12.1 Å². The Morgan fingerprint density at radius 3 is 2.50 bits per heavy atom. The molecule has 11 nitrogen and oxygen atoms in total. The Morgan fingerprint density at radius 2 is 1.87 bits per heavy atom. The van der Waals surface area contributed by atoms with Crippen LogP contribution in [0, 0.1) is 11.2 Å². The summed E-state index contributed by atoms with van der Waals surface area (Å²) in [6.07, 6.45) is 2.27. The minimum Gasteiger partial charge on any atom is -0.463 e. The maximum absolute atomic E-state index is 13.6. The van der Waals surface area contributed by atoms with E-state index in [1.54, 1.807) is 31.3 Å². The summed E-state index contributed by atoms with van der Waals surface area (Å²) in [6.45, 7) is 4.02. The van der Waals surface area contributed by atoms with E-state index in [-0.39, 0.29) is 25.0 Å². The van der Waals surface area contributed by atoms with Crippen LogP contribution in [0.25, 0.3) is 22.6 Å². The lowest BCUT2D eigenvalue weighted by atomic mass is 9.92. The number of ether oxygens (including phenoxy) is 4. The number of carbonyl (C=O) groups excluding carboxylic acids is 2. The molecule has 3 heterocycles. The Hall–Kier alpha value is -3.90. The molecule has 1 saturated heterocycles. The summed E-state index contributed by atoms with van der Waals surface area (Å²) in [4.78, 5) is 41.0. The van der Waals surface area contributed by atoms with Crippen molar-refractivity contribution in [1.29, 1.82) is 0 Å². The first-order chi connectivity index (χ1) is 18.2. The number of esters is 1. The molecule has 12 heteroatoms. The van der Waals surface area contributed by atoms with Gasteiger partial charge in [-0.3, -0.25) is 9.59 Å². The Labute approximate surface area is 217 Å². The second kappa shape index (κ2) is 10.1. The number of carbonyl (C=O) groups is 2. The molecule has 3 aromatic rings. The van der Waals surface area contributed by atoms with E-state index in [9.17, 15) is 14.0 Å². The Morgan fingerprint density at radius 1 is 1.16 bits per heavy atom. The van der Waals surface area contributed by atoms with Crippen molar-refractivity contribution >= 4 is 11.9 Å². The van der Waals surface area contributed by atoms with Crippen LogP contribution in [0.3, 0.4) is 0 Å². The summed E-state index contributed by atoms with van der Waals surface area (Å²) in [6, 6.07) is 7.81. The zero-order valence-corrected chi connectivity index (χ0v) is 21.0. The van der Waals surface area contributed by atoms with Gasteiger partial charge in [-0.2, -0.15) is 4.98 Å². The quantitative estimate of drug-likeness (QED) is 0.402. The summed E-state index contributed by atoms with van der Waals surface area (Å²) >= 11 is 0. The topological polar surface area (TPSA) is 152 Å². The average molecular weight is 526 g/mol. The number of primary amides is 1. The molecule has 2 aliphatic rings. The number of benzene rings is 1. The van der Waals surface area contributed by atoms with Crippen LogP contribution in [-0.2, 0) is 23.8 Å². The number of hydrogen-bond acceptors (Lipinski definition) is 9. The first-order valence-electron chi connectivity index (χ1n) is 12.3. The lowest BCUT2D eigenvalue weighted by Gasteiger charge is -2.35. The highest BCUT2D eigenvalue weighted by Gasteiger charge is 2.55. The molecular formula is C26H28FN5O6. The molecule has 200 valence electrons. The van der Waals surface area contributed by atoms with Gasteiger partial charge in [0.05, 0.1) is 36.9 Å². The van der Waals surface area contributed by atoms with Crippen molar-refractivity contribution in [2.24, 2.45) is 11.1 Å². The molecule has 1 saturated carbocycles. The zero-order chi connectivity index (χ0) is 26.9. The summed E-state index contributed by atoms with van der Waals surface area (Å²) in [5.74, 6) is -1.31. The number of halogens is 1. The number of aromatic amines is 1. The molecule has 38 heavy (non-hydrogen) atoms. The van der Waals surface area contributed by atoms with Gasteiger partial charge in [-0.25, -0.2) is 14.4 Å². The molecule has 1 aromatic carbocycles. The predicted molar refractivity (Wildman–Crippen MR) is 131 cm³/mol. The van der Waals surface area contributed by atoms with Gasteiger partial charge in [-0.05, 0) is 43.7 Å². The molecular weight excluding hydrogens is 497 g/mol. The Balaban J connectivity index is 1.39. The van der Waals surface area contributed by atoms with Crippen molar-refractivity contribution in [3.05, 3.63) is 48.2 Å². The van der Waals surface area contributed by atoms with Gasteiger partial charge in [-0.15, -0.1) is 0 Å². The van der Waals surface area contributed by atoms with Crippen LogP contribution in [0.1, 0.15) is 45.2 Å². The van der Waals surface area contributed by atoms with Crippen LogP contribution < -0.4 is 10.5 Å². The van der Waals surface area contributed by atoms with Crippen LogP contribution in [0.4, 0.5) is 4.39 Å². The van der Waals surface area contributed by atoms with E-state index in [0.717, 1.165) is 6.42 Å². The molecule has 2 fully saturated rings. The summed E-state index contributed by atoms with van der Waals surface area (Å²) in [5, 5.41) is 0. The van der Waals surface area contributed by atoms with Crippen molar-refractivity contribution in [3.8, 4) is 28.7 Å². The van der Waals surface area contributed by atoms with Gasteiger partial charge in [0.15, 0.2) is 11.4 Å². The van der Waals surface area contributed by atoms with Gasteiger partial charge in [-0.1, -0.05) is 6.92 Å². The number of H-pyrrole nitrogens is 1. The van der Waals surface area contributed by atoms with Crippen molar-refractivity contribution < 1.29 is 32.9 Å². The van der Waals surface area contributed by atoms with Crippen LogP contribution in [0.15, 0.2) is 36.5 Å². The minimum absolute atomic E-state index is 0.0320. The molecule has 0 spiro atoms. The average Bonchev–Trinajstić information content (AvgIpc) is 3.57. The van der Waals surface area contributed by atoms with Gasteiger partial charge in [0.2, 0.25) is 6.29 Å². The molecule has 0 bridgehead atoms. The van der Waals surface area contributed by atoms with Crippen molar-refractivity contribution in [3.63, 3.8) is 0 Å². The summed E-state index contributed by atoms with van der Waals surface area (Å²) in [7, 11) is 0. The van der Waals surface area contributed by atoms with Crippen molar-refractivity contribution in [2.45, 2.75) is 45.0 Å². The van der Waals surface area contributed by atoms with Gasteiger partial charge >= 0.3 is 12.0 Å². The Bertz CT molecular complexity index is 1330. The second-order valence-electron chi connectivity index (χ2n) is 9.69. The fourth-order valence-corrected chi connectivity index (χ4v) is 3.95. The van der Waals surface area contributed by atoms with E-state index in [0.29, 0.717) is 47.9 Å². The first-order valence-corrected chi connectivity index (χ1v) is 12.3. The summed E-state index contributed by atoms with van der Waals surface area (Å²) < 4.78 is 36.4. The predicted octanol–water partition coefficient (Wildman–Crippen LogP) is 3.07. The van der Waals surface area contributed by atoms with Gasteiger partial charge < -0.3 is 29.7 Å². The molecule has 1 aliphatic carbocycles. The standard InChI is InChI=1S/C26H28FN5O6/c1-3-12-35-24-29-11-8-17(30-24)19-18(15-4-6-16(27)7-5-15)31-20(32-19)21-36-13-25(2,14-37-21)23(34)38-26(9-10-26)22(28)33/h4-8,11,21H,3,9-10,12-14H2,1-2H3,(H2,28,33)(H,31,32). The number of aromatic nitrogens is 4. The number of rotatable bonds is 9. The Kier molecular flexibility index (Phi) is 6.84. The molecule has 3 N–H and O–H groups in total. The second-order valence-corrected chi connectivity index (χ2v) is 9.69. The van der Waals surface area contributed by atoms with Crippen LogP contribution >= 0.6 is 0 Å². The molecule has 1 amide bonds. The highest BCUT2D eigenvalue weighted by molar-refractivity contribution is 5.90. The number of nitrogens with zero attached hydrogens (tertiary/aromatic N) is 3. The van der Waals surface area contributed by atoms with E-state index in [2.05, 4.69) is 19.9 Å². The fourth-order valence-electron chi connectivity index (χ4n) is 3.95. The number of nitrogens with one attached hydrogen (secondary N) is 1. The van der Waals surface area contributed by atoms with Crippen LogP contribution in [-0.4, -0.2) is 57.2 Å². The number of nitrogens with two attached hydrogens (primary N) is 1. The monoisotopic (exact) mass is 525 g/mol. The first kappa shape index (κ1) is 25.7. The number of hydrogen-bond donors (Lipinski definition) is 2. The highest BCUT2D eigenvalue weighted by Crippen LogP contribution is 2.42. The van der Waals surface area contributed by atoms with Crippen LogP contribution in [0.5, 0.6) is 6.01 Å². The molecule has 0 unspecified atom stereocenters. The highest BCUT2D eigenvalue weighted by atomic mass is 19.1. The van der Waals surface area contributed by atoms with Crippen LogP contribution in [0.2, 0.25) is 0 Å². The molecule has 2 aromatic heterocycles. The molecule has 1 aliphatic heterocycles. The third kappa shape index (κ3) is 5.09. The lowest BCUT2D eigenvalue weighted by Crippen LogP contribution is -2.47. The largest absolute Gasteiger partial charge is 0.463 e. The normalized spacial score (nSPS) is 22.0. The number of imidazole rings is 1. The molecule has 0 radical (unpaired) electrons. The third-order valence-corrected chi connectivity index (χ3v) is 6.43. The maximum Gasteiger partial charge on any atom is 0.317 e. The maximum atomic E-state index is 13.6. The molecule has 5 rings (SSSR count). The van der Waals surface area contributed by atoms with E-state index >= 15 is 0 Å². The zero-order valence-electron chi connectivity index (χ0n) is 21.0. The SMILES string of the molecule is CCCOc1nccc(-c2[nH]c(C3OCC(C)(C(=O)OC4(C(N)=O)CC4)CO3)nc2-c2ccc(F)cc2)n1. The van der Waals surface area contributed by atoms with E-state index < -0.39 is 29.2 Å². The van der Waals surface area contributed by atoms with Gasteiger partial charge in [0, 0.05) is 24.6 Å². The van der Waals surface area contributed by atoms with Crippen molar-refractivity contribution in [1.82, 2.24) is 19.9 Å². The fraction of sp³-hybridized carbons (Fsp3) is 0.423. The third-order valence-electron chi connectivity index (χ3n) is 6.43. The van der Waals surface area contributed by atoms with Gasteiger partial charge in [0.25, 0.3) is 5.91 Å². The minimum atomic E-state index is -1.23. The molecule has 0 atom stereocenters. The number of amides is 1.